The van der Waals surface area contributed by atoms with Crippen LogP contribution in [-0.4, -0.2) is 66.3 Å². The number of ether oxygens (including phenoxy) is 1. The van der Waals surface area contributed by atoms with Crippen molar-refractivity contribution in [3.8, 4) is 0 Å². The van der Waals surface area contributed by atoms with Crippen molar-refractivity contribution < 1.29 is 14.3 Å². The lowest BCUT2D eigenvalue weighted by Crippen LogP contribution is -2.38. The molecule has 0 spiro atoms. The highest BCUT2D eigenvalue weighted by molar-refractivity contribution is 6.18. The maximum atomic E-state index is 13.1. The van der Waals surface area contributed by atoms with Gasteiger partial charge in [0, 0.05) is 67.7 Å². The number of piperidine rings is 1. The lowest BCUT2D eigenvalue weighted by Gasteiger charge is -2.32. The molecule has 6 nitrogen and oxygen atoms in total. The quantitative estimate of drug-likeness (QED) is 0.145. The molecule has 1 amide bonds. The van der Waals surface area contributed by atoms with Crippen molar-refractivity contribution in [3.63, 3.8) is 0 Å². The number of hydrogen-bond donors (Lipinski definition) is 0. The maximum absolute atomic E-state index is 13.1. The number of alkyl halides is 2. The van der Waals surface area contributed by atoms with Gasteiger partial charge in [-0.05, 0) is 67.5 Å². The Hall–Kier alpha value is -2.57. The second-order valence-electron chi connectivity index (χ2n) is 8.93. The van der Waals surface area contributed by atoms with Gasteiger partial charge in [-0.25, -0.2) is 4.79 Å². The number of likely N-dealkylation sites (tertiary alicyclic amines) is 1. The molecule has 0 N–H and O–H groups in total. The Morgan fingerprint density at radius 3 is 2.56 bits per heavy atom. The van der Waals surface area contributed by atoms with Gasteiger partial charge in [-0.1, -0.05) is 18.6 Å². The maximum Gasteiger partial charge on any atom is 0.330 e. The molecular weight excluding hydrogens is 497 g/mol. The normalized spacial score (nSPS) is 14.2. The highest BCUT2D eigenvalue weighted by atomic mass is 35.5. The van der Waals surface area contributed by atoms with Crippen molar-refractivity contribution >= 4 is 46.8 Å². The Morgan fingerprint density at radius 1 is 1.08 bits per heavy atom. The number of carbonyl (C=O) groups excluding carboxylic acids is 2. The van der Waals surface area contributed by atoms with Crippen LogP contribution in [-0.2, 0) is 9.53 Å². The van der Waals surface area contributed by atoms with Crippen LogP contribution in [0.5, 0.6) is 0 Å². The fourth-order valence-electron chi connectivity index (χ4n) is 4.41. The monoisotopic (exact) mass is 531 g/mol. The number of carbonyl (C=O) groups is 2. The number of rotatable bonds is 13. The van der Waals surface area contributed by atoms with Crippen LogP contribution >= 0.6 is 23.2 Å². The van der Waals surface area contributed by atoms with Gasteiger partial charge in [-0.2, -0.15) is 0 Å². The first-order chi connectivity index (χ1) is 17.6. The van der Waals surface area contributed by atoms with Crippen LogP contribution in [0, 0.1) is 5.92 Å². The smallest absolute Gasteiger partial charge is 0.330 e. The Bertz CT molecular complexity index is 973. The molecule has 1 fully saturated rings. The molecule has 0 aliphatic carbocycles. The van der Waals surface area contributed by atoms with Crippen molar-refractivity contribution in [2.75, 3.05) is 49.4 Å². The van der Waals surface area contributed by atoms with Gasteiger partial charge in [-0.3, -0.25) is 9.78 Å². The van der Waals surface area contributed by atoms with Crippen molar-refractivity contribution in [3.05, 3.63) is 66.0 Å². The lowest BCUT2D eigenvalue weighted by atomic mass is 9.91. The minimum atomic E-state index is -0.330. The highest BCUT2D eigenvalue weighted by Gasteiger charge is 2.24. The van der Waals surface area contributed by atoms with Crippen molar-refractivity contribution in [2.45, 2.75) is 32.1 Å². The second-order valence-corrected chi connectivity index (χ2v) is 9.69. The third-order valence-corrected chi connectivity index (χ3v) is 6.75. The summed E-state index contributed by atoms with van der Waals surface area (Å²) in [6.45, 7) is 3.36. The SMILES string of the molecule is O=C(C=Cc1cccnc1)OCCCCC1CCN(C(=O)c2cccc(N(CCCl)CCCl)c2)CC1. The minimum absolute atomic E-state index is 0.0817. The van der Waals surface area contributed by atoms with E-state index < -0.39 is 0 Å². The molecule has 0 saturated carbocycles. The zero-order valence-corrected chi connectivity index (χ0v) is 22.2. The van der Waals surface area contributed by atoms with Gasteiger partial charge in [0.25, 0.3) is 5.91 Å². The standard InChI is InChI=1S/C28H35Cl2N3O3/c29-13-18-32(19-14-30)26-8-3-7-25(21-26)28(35)33-16-11-23(12-17-33)5-1-2-20-36-27(34)10-9-24-6-4-15-31-22-24/h3-4,6-10,15,21-23H,1-2,5,11-14,16-20H2. The number of hydrogen-bond acceptors (Lipinski definition) is 5. The Labute approximate surface area is 224 Å². The number of anilines is 1. The van der Waals surface area contributed by atoms with Crippen molar-refractivity contribution in [1.82, 2.24) is 9.88 Å². The van der Waals surface area contributed by atoms with E-state index >= 15 is 0 Å². The van der Waals surface area contributed by atoms with Gasteiger partial charge in [0.15, 0.2) is 0 Å². The zero-order valence-electron chi connectivity index (χ0n) is 20.7. The van der Waals surface area contributed by atoms with Gasteiger partial charge in [-0.15, -0.1) is 23.2 Å². The predicted octanol–water partition coefficient (Wildman–Crippen LogP) is 5.64. The summed E-state index contributed by atoms with van der Waals surface area (Å²) >= 11 is 11.9. The van der Waals surface area contributed by atoms with Crippen LogP contribution in [0.1, 0.15) is 48.0 Å². The van der Waals surface area contributed by atoms with Crippen molar-refractivity contribution in [2.24, 2.45) is 5.92 Å². The Balaban J connectivity index is 1.35. The number of benzene rings is 1. The molecule has 3 rings (SSSR count). The first-order valence-electron chi connectivity index (χ1n) is 12.6. The van der Waals surface area contributed by atoms with E-state index in [1.165, 1.54) is 6.08 Å². The topological polar surface area (TPSA) is 62.7 Å². The molecule has 0 bridgehead atoms. The Morgan fingerprint density at radius 2 is 1.86 bits per heavy atom. The van der Waals surface area contributed by atoms with E-state index in [9.17, 15) is 9.59 Å². The fraction of sp³-hybridized carbons (Fsp3) is 0.464. The van der Waals surface area contributed by atoms with Gasteiger partial charge >= 0.3 is 5.97 Å². The molecule has 1 saturated heterocycles. The number of amides is 1. The summed E-state index contributed by atoms with van der Waals surface area (Å²) in [7, 11) is 0. The van der Waals surface area contributed by atoms with Gasteiger partial charge in [0.05, 0.1) is 6.61 Å². The van der Waals surface area contributed by atoms with E-state index in [4.69, 9.17) is 27.9 Å². The lowest BCUT2D eigenvalue weighted by molar-refractivity contribution is -0.137. The van der Waals surface area contributed by atoms with E-state index in [-0.39, 0.29) is 11.9 Å². The number of pyridine rings is 1. The van der Waals surface area contributed by atoms with Crippen LogP contribution in [0.2, 0.25) is 0 Å². The van der Waals surface area contributed by atoms with E-state index in [0.717, 1.165) is 56.4 Å². The molecule has 8 heteroatoms. The fourth-order valence-corrected chi connectivity index (χ4v) is 4.82. The number of aromatic nitrogens is 1. The van der Waals surface area contributed by atoms with Gasteiger partial charge in [0.1, 0.15) is 0 Å². The number of nitrogens with zero attached hydrogens (tertiary/aromatic N) is 3. The molecular formula is C28H35Cl2N3O3. The van der Waals surface area contributed by atoms with E-state index in [0.29, 0.717) is 42.9 Å². The van der Waals surface area contributed by atoms with Crippen molar-refractivity contribution in [1.29, 1.82) is 0 Å². The molecule has 1 aliphatic heterocycles. The third kappa shape index (κ3) is 9.14. The van der Waals surface area contributed by atoms with Crippen LogP contribution in [0.25, 0.3) is 6.08 Å². The molecule has 0 unspecified atom stereocenters. The van der Waals surface area contributed by atoms with Gasteiger partial charge < -0.3 is 14.5 Å². The first kappa shape index (κ1) is 28.0. The average molecular weight is 533 g/mol. The number of esters is 1. The van der Waals surface area contributed by atoms with E-state index in [2.05, 4.69) is 9.88 Å². The Kier molecular flexibility index (Phi) is 12.1. The molecule has 194 valence electrons. The number of halogens is 2. The summed E-state index contributed by atoms with van der Waals surface area (Å²) in [5, 5.41) is 0. The zero-order chi connectivity index (χ0) is 25.6. The van der Waals surface area contributed by atoms with Crippen LogP contribution < -0.4 is 4.90 Å². The molecule has 1 aromatic heterocycles. The molecule has 0 atom stereocenters. The number of unbranched alkanes of at least 4 members (excludes halogenated alkanes) is 1. The first-order valence-corrected chi connectivity index (χ1v) is 13.7. The summed E-state index contributed by atoms with van der Waals surface area (Å²) in [5.41, 5.74) is 2.55. The van der Waals surface area contributed by atoms with Gasteiger partial charge in [0.2, 0.25) is 0 Å². The summed E-state index contributed by atoms with van der Waals surface area (Å²) < 4.78 is 5.29. The summed E-state index contributed by atoms with van der Waals surface area (Å²) in [4.78, 5) is 33.0. The molecule has 2 aromatic rings. The second kappa shape index (κ2) is 15.5. The van der Waals surface area contributed by atoms with E-state index in [1.54, 1.807) is 18.5 Å². The third-order valence-electron chi connectivity index (χ3n) is 6.42. The predicted molar refractivity (Wildman–Crippen MR) is 147 cm³/mol. The average Bonchev–Trinajstić information content (AvgIpc) is 2.92. The van der Waals surface area contributed by atoms with Crippen LogP contribution in [0.3, 0.4) is 0 Å². The molecule has 1 aromatic carbocycles. The molecule has 36 heavy (non-hydrogen) atoms. The minimum Gasteiger partial charge on any atom is -0.463 e. The van der Waals surface area contributed by atoms with E-state index in [1.807, 2.05) is 41.3 Å². The van der Waals surface area contributed by atoms with Crippen LogP contribution in [0.15, 0.2) is 54.9 Å². The highest BCUT2D eigenvalue weighted by Crippen LogP contribution is 2.25. The summed E-state index contributed by atoms with van der Waals surface area (Å²) in [6.07, 6.45) is 11.5. The largest absolute Gasteiger partial charge is 0.463 e. The molecule has 0 radical (unpaired) electrons. The molecule has 2 heterocycles. The molecule has 1 aliphatic rings. The van der Waals surface area contributed by atoms with Crippen LogP contribution in [0.4, 0.5) is 5.69 Å². The summed E-state index contributed by atoms with van der Waals surface area (Å²) in [5.74, 6) is 1.37. The summed E-state index contributed by atoms with van der Waals surface area (Å²) in [6, 6.07) is 11.4.